The van der Waals surface area contributed by atoms with Crippen molar-refractivity contribution in [2.24, 2.45) is 0 Å². The molecule has 0 heterocycles. The van der Waals surface area contributed by atoms with E-state index >= 15 is 0 Å². The lowest BCUT2D eigenvalue weighted by molar-refractivity contribution is -0.110. The number of carbonyl (C=O) groups is 1. The van der Waals surface area contributed by atoms with E-state index in [2.05, 4.69) is 6.58 Å². The Labute approximate surface area is 83.8 Å². The van der Waals surface area contributed by atoms with E-state index in [1.54, 1.807) is 0 Å². The second-order valence-electron chi connectivity index (χ2n) is 3.63. The summed E-state index contributed by atoms with van der Waals surface area (Å²) in [4.78, 5) is 11.8. The SMILES string of the molecule is C=C1CC(C)=C(c2ccccc2)C1=O. The Morgan fingerprint density at radius 2 is 1.86 bits per heavy atom. The van der Waals surface area contributed by atoms with Gasteiger partial charge in [-0.1, -0.05) is 42.5 Å². The van der Waals surface area contributed by atoms with Crippen LogP contribution in [0.2, 0.25) is 0 Å². The zero-order chi connectivity index (χ0) is 10.1. The molecule has 1 aliphatic rings. The van der Waals surface area contributed by atoms with Crippen molar-refractivity contribution in [1.29, 1.82) is 0 Å². The second-order valence-corrected chi connectivity index (χ2v) is 3.63. The zero-order valence-electron chi connectivity index (χ0n) is 8.21. The van der Waals surface area contributed by atoms with Crippen molar-refractivity contribution < 1.29 is 4.79 Å². The number of allylic oxidation sites excluding steroid dienone is 3. The molecule has 1 aromatic rings. The van der Waals surface area contributed by atoms with Gasteiger partial charge in [-0.05, 0) is 24.5 Å². The monoisotopic (exact) mass is 184 g/mol. The van der Waals surface area contributed by atoms with E-state index < -0.39 is 0 Å². The summed E-state index contributed by atoms with van der Waals surface area (Å²) in [5, 5.41) is 0. The Morgan fingerprint density at radius 3 is 2.36 bits per heavy atom. The third-order valence-electron chi connectivity index (χ3n) is 2.52. The van der Waals surface area contributed by atoms with Crippen molar-refractivity contribution in [2.45, 2.75) is 13.3 Å². The van der Waals surface area contributed by atoms with Crippen LogP contribution in [0.25, 0.3) is 5.57 Å². The minimum absolute atomic E-state index is 0.105. The highest BCUT2D eigenvalue weighted by Crippen LogP contribution is 2.32. The van der Waals surface area contributed by atoms with Gasteiger partial charge in [-0.3, -0.25) is 4.79 Å². The first kappa shape index (κ1) is 8.95. The van der Waals surface area contributed by atoms with Crippen LogP contribution in [0.4, 0.5) is 0 Å². The maximum atomic E-state index is 11.8. The molecule has 1 aromatic carbocycles. The summed E-state index contributed by atoms with van der Waals surface area (Å²) in [6.07, 6.45) is 0.725. The van der Waals surface area contributed by atoms with E-state index in [4.69, 9.17) is 0 Å². The summed E-state index contributed by atoms with van der Waals surface area (Å²) in [7, 11) is 0. The molecule has 1 heteroatoms. The van der Waals surface area contributed by atoms with Crippen molar-refractivity contribution in [1.82, 2.24) is 0 Å². The van der Waals surface area contributed by atoms with E-state index in [0.717, 1.165) is 23.1 Å². The molecule has 0 fully saturated rings. The standard InChI is InChI=1S/C13H12O/c1-9-8-10(2)13(14)12(9)11-6-4-3-5-7-11/h3-7H,2,8H2,1H3. The fraction of sp³-hybridized carbons (Fsp3) is 0.154. The lowest BCUT2D eigenvalue weighted by Crippen LogP contribution is -1.97. The van der Waals surface area contributed by atoms with Crippen molar-refractivity contribution in [3.05, 3.63) is 53.6 Å². The first-order chi connectivity index (χ1) is 6.70. The van der Waals surface area contributed by atoms with Crippen molar-refractivity contribution in [3.63, 3.8) is 0 Å². The van der Waals surface area contributed by atoms with Crippen LogP contribution in [-0.2, 0) is 4.79 Å². The molecule has 0 bridgehead atoms. The fourth-order valence-corrected chi connectivity index (χ4v) is 1.84. The molecule has 14 heavy (non-hydrogen) atoms. The van der Waals surface area contributed by atoms with Crippen LogP contribution < -0.4 is 0 Å². The number of rotatable bonds is 1. The van der Waals surface area contributed by atoms with Gasteiger partial charge in [-0.2, -0.15) is 0 Å². The first-order valence-electron chi connectivity index (χ1n) is 4.68. The molecule has 0 N–H and O–H groups in total. The van der Waals surface area contributed by atoms with Crippen molar-refractivity contribution in [2.75, 3.05) is 0 Å². The molecule has 0 saturated heterocycles. The Bertz CT molecular complexity index is 424. The maximum absolute atomic E-state index is 11.8. The third kappa shape index (κ3) is 1.31. The Balaban J connectivity index is 2.50. The highest BCUT2D eigenvalue weighted by Gasteiger charge is 2.24. The summed E-state index contributed by atoms with van der Waals surface area (Å²) in [5.74, 6) is 0.105. The average Bonchev–Trinajstić information content (AvgIpc) is 2.43. The minimum atomic E-state index is 0.105. The number of hydrogen-bond acceptors (Lipinski definition) is 1. The van der Waals surface area contributed by atoms with Gasteiger partial charge in [0.2, 0.25) is 0 Å². The predicted octanol–water partition coefficient (Wildman–Crippen LogP) is 2.99. The van der Waals surface area contributed by atoms with Gasteiger partial charge in [0, 0.05) is 5.57 Å². The van der Waals surface area contributed by atoms with Crippen LogP contribution in [0.1, 0.15) is 18.9 Å². The van der Waals surface area contributed by atoms with E-state index in [0.29, 0.717) is 5.57 Å². The molecule has 0 spiro atoms. The Hall–Kier alpha value is -1.63. The lowest BCUT2D eigenvalue weighted by Gasteiger charge is -2.01. The lowest BCUT2D eigenvalue weighted by atomic mass is 10.0. The summed E-state index contributed by atoms with van der Waals surface area (Å²) >= 11 is 0. The quantitative estimate of drug-likeness (QED) is 0.613. The highest BCUT2D eigenvalue weighted by molar-refractivity contribution is 6.31. The van der Waals surface area contributed by atoms with Crippen LogP contribution >= 0.6 is 0 Å². The summed E-state index contributed by atoms with van der Waals surface area (Å²) < 4.78 is 0. The van der Waals surface area contributed by atoms with E-state index in [9.17, 15) is 4.79 Å². The Kier molecular flexibility index (Phi) is 2.08. The van der Waals surface area contributed by atoms with Gasteiger partial charge in [0.1, 0.15) is 0 Å². The molecule has 70 valence electrons. The zero-order valence-corrected chi connectivity index (χ0v) is 8.21. The van der Waals surface area contributed by atoms with Crippen LogP contribution in [0.5, 0.6) is 0 Å². The Morgan fingerprint density at radius 1 is 1.21 bits per heavy atom. The van der Waals surface area contributed by atoms with Crippen LogP contribution in [0.15, 0.2) is 48.1 Å². The van der Waals surface area contributed by atoms with Crippen molar-refractivity contribution >= 4 is 11.4 Å². The minimum Gasteiger partial charge on any atom is -0.289 e. The molecule has 0 radical (unpaired) electrons. The molecule has 1 aliphatic carbocycles. The molecule has 1 nitrogen and oxygen atoms in total. The van der Waals surface area contributed by atoms with Gasteiger partial charge < -0.3 is 0 Å². The molecule has 0 atom stereocenters. The van der Waals surface area contributed by atoms with Crippen LogP contribution in [0, 0.1) is 0 Å². The largest absolute Gasteiger partial charge is 0.289 e. The number of carbonyl (C=O) groups excluding carboxylic acids is 1. The number of hydrogen-bond donors (Lipinski definition) is 0. The van der Waals surface area contributed by atoms with Gasteiger partial charge in [0.05, 0.1) is 0 Å². The first-order valence-corrected chi connectivity index (χ1v) is 4.68. The molecule has 0 aliphatic heterocycles. The van der Waals surface area contributed by atoms with E-state index in [1.807, 2.05) is 37.3 Å². The molecule has 0 amide bonds. The second kappa shape index (κ2) is 3.26. The van der Waals surface area contributed by atoms with E-state index in [-0.39, 0.29) is 5.78 Å². The van der Waals surface area contributed by atoms with Crippen LogP contribution in [0.3, 0.4) is 0 Å². The maximum Gasteiger partial charge on any atom is 0.189 e. The molecule has 0 saturated carbocycles. The number of ketones is 1. The molecular formula is C13H12O. The topological polar surface area (TPSA) is 17.1 Å². The van der Waals surface area contributed by atoms with Gasteiger partial charge in [-0.25, -0.2) is 0 Å². The predicted molar refractivity (Wildman–Crippen MR) is 57.8 cm³/mol. The van der Waals surface area contributed by atoms with Crippen LogP contribution in [-0.4, -0.2) is 5.78 Å². The molecule has 2 rings (SSSR count). The van der Waals surface area contributed by atoms with Gasteiger partial charge in [0.25, 0.3) is 0 Å². The van der Waals surface area contributed by atoms with Gasteiger partial charge >= 0.3 is 0 Å². The molecule has 0 unspecified atom stereocenters. The third-order valence-corrected chi connectivity index (χ3v) is 2.52. The fourth-order valence-electron chi connectivity index (χ4n) is 1.84. The van der Waals surface area contributed by atoms with Gasteiger partial charge in [0.15, 0.2) is 5.78 Å². The average molecular weight is 184 g/mol. The smallest absolute Gasteiger partial charge is 0.189 e. The van der Waals surface area contributed by atoms with E-state index in [1.165, 1.54) is 0 Å². The summed E-state index contributed by atoms with van der Waals surface area (Å²) in [5.41, 5.74) is 3.69. The summed E-state index contributed by atoms with van der Waals surface area (Å²) in [6.45, 7) is 5.77. The van der Waals surface area contributed by atoms with Gasteiger partial charge in [-0.15, -0.1) is 0 Å². The molecular weight excluding hydrogens is 172 g/mol. The highest BCUT2D eigenvalue weighted by atomic mass is 16.1. The van der Waals surface area contributed by atoms with Crippen molar-refractivity contribution in [3.8, 4) is 0 Å². The number of benzene rings is 1. The summed E-state index contributed by atoms with van der Waals surface area (Å²) in [6, 6.07) is 9.78. The normalized spacial score (nSPS) is 16.6. The molecule has 0 aromatic heterocycles. The number of Topliss-reactive ketones (excluding diaryl/α,β-unsaturated/α-hetero) is 1.